The molecule has 1 aromatic carbocycles. The van der Waals surface area contributed by atoms with Crippen LogP contribution in [0.25, 0.3) is 0 Å². The van der Waals surface area contributed by atoms with Crippen molar-refractivity contribution in [1.82, 2.24) is 9.80 Å². The van der Waals surface area contributed by atoms with E-state index in [2.05, 4.69) is 5.32 Å². The largest absolute Gasteiger partial charge is 0.340 e. The molecule has 5 nitrogen and oxygen atoms in total. The lowest BCUT2D eigenvalue weighted by atomic mass is 10.2. The van der Waals surface area contributed by atoms with E-state index < -0.39 is 11.9 Å². The highest BCUT2D eigenvalue weighted by molar-refractivity contribution is 6.30. The van der Waals surface area contributed by atoms with E-state index in [4.69, 9.17) is 11.6 Å². The molecule has 1 heterocycles. The van der Waals surface area contributed by atoms with Crippen molar-refractivity contribution in [3.8, 4) is 0 Å². The van der Waals surface area contributed by atoms with E-state index in [0.29, 0.717) is 26.2 Å². The molecule has 0 spiro atoms. The van der Waals surface area contributed by atoms with Crippen LogP contribution < -0.4 is 5.32 Å². The molecule has 0 aromatic heterocycles. The van der Waals surface area contributed by atoms with E-state index in [0.717, 1.165) is 6.07 Å². The third kappa shape index (κ3) is 3.96. The highest BCUT2D eigenvalue weighted by Crippen LogP contribution is 2.19. The Hall–Kier alpha value is -1.66. The van der Waals surface area contributed by atoms with Crippen LogP contribution in [0, 0.1) is 5.82 Å². The number of nitrogens with one attached hydrogen (secondary N) is 1. The fourth-order valence-electron chi connectivity index (χ4n) is 2.42. The summed E-state index contributed by atoms with van der Waals surface area (Å²) < 4.78 is 13.7. The Bertz CT molecular complexity index is 574. The summed E-state index contributed by atoms with van der Waals surface area (Å²) in [6.07, 6.45) is 0. The molecule has 0 bridgehead atoms. The normalized spacial score (nSPS) is 17.2. The van der Waals surface area contributed by atoms with E-state index in [1.165, 1.54) is 19.1 Å². The molecule has 2 amide bonds. The monoisotopic (exact) mass is 327 g/mol. The van der Waals surface area contributed by atoms with E-state index in [-0.39, 0.29) is 22.5 Å². The minimum atomic E-state index is -0.561. The third-order valence-corrected chi connectivity index (χ3v) is 4.11. The SMILES string of the molecule is CC(=O)N1CCN([C@H](C)C(=O)Nc2ccc(Cl)cc2F)CC1. The van der Waals surface area contributed by atoms with Crippen molar-refractivity contribution < 1.29 is 14.0 Å². The van der Waals surface area contributed by atoms with Gasteiger partial charge < -0.3 is 10.2 Å². The maximum absolute atomic E-state index is 13.7. The molecule has 1 aromatic rings. The van der Waals surface area contributed by atoms with Crippen LogP contribution in [0.1, 0.15) is 13.8 Å². The summed E-state index contributed by atoms with van der Waals surface area (Å²) in [7, 11) is 0. The Morgan fingerprint density at radius 3 is 2.45 bits per heavy atom. The molecule has 7 heteroatoms. The maximum atomic E-state index is 13.7. The second-order valence-electron chi connectivity index (χ2n) is 5.33. The zero-order valence-electron chi connectivity index (χ0n) is 12.6. The summed E-state index contributed by atoms with van der Waals surface area (Å²) in [5, 5.41) is 2.86. The number of benzene rings is 1. The van der Waals surface area contributed by atoms with E-state index >= 15 is 0 Å². The average molecular weight is 328 g/mol. The molecular formula is C15H19ClFN3O2. The van der Waals surface area contributed by atoms with Gasteiger partial charge in [-0.1, -0.05) is 11.6 Å². The molecule has 1 aliphatic heterocycles. The van der Waals surface area contributed by atoms with Crippen molar-refractivity contribution in [1.29, 1.82) is 0 Å². The molecular weight excluding hydrogens is 309 g/mol. The first-order valence-corrected chi connectivity index (χ1v) is 7.51. The number of halogens is 2. The molecule has 2 rings (SSSR count). The first-order valence-electron chi connectivity index (χ1n) is 7.14. The van der Waals surface area contributed by atoms with Crippen molar-refractivity contribution in [3.63, 3.8) is 0 Å². The number of rotatable bonds is 3. The van der Waals surface area contributed by atoms with Crippen LogP contribution in [0.4, 0.5) is 10.1 Å². The predicted octanol–water partition coefficient (Wildman–Crippen LogP) is 1.97. The van der Waals surface area contributed by atoms with Crippen LogP contribution in [0.15, 0.2) is 18.2 Å². The molecule has 120 valence electrons. The first kappa shape index (κ1) is 16.7. The molecule has 1 fully saturated rings. The zero-order valence-corrected chi connectivity index (χ0v) is 13.4. The van der Waals surface area contributed by atoms with Crippen LogP contribution in [-0.2, 0) is 9.59 Å². The Balaban J connectivity index is 1.94. The van der Waals surface area contributed by atoms with Crippen LogP contribution >= 0.6 is 11.6 Å². The van der Waals surface area contributed by atoms with Gasteiger partial charge in [-0.05, 0) is 25.1 Å². The number of piperazine rings is 1. The zero-order chi connectivity index (χ0) is 16.3. The van der Waals surface area contributed by atoms with Gasteiger partial charge in [-0.15, -0.1) is 0 Å². The standard InChI is InChI=1S/C15H19ClFN3O2/c1-10(19-5-7-20(8-6-19)11(2)21)15(22)18-14-4-3-12(16)9-13(14)17/h3-4,9-10H,5-8H2,1-2H3,(H,18,22)/t10-/m1/s1. The van der Waals surface area contributed by atoms with Crippen molar-refractivity contribution in [2.24, 2.45) is 0 Å². The highest BCUT2D eigenvalue weighted by Gasteiger charge is 2.26. The Kier molecular flexibility index (Phi) is 5.37. The molecule has 1 saturated heterocycles. The minimum absolute atomic E-state index is 0.0417. The Morgan fingerprint density at radius 1 is 1.27 bits per heavy atom. The maximum Gasteiger partial charge on any atom is 0.241 e. The summed E-state index contributed by atoms with van der Waals surface area (Å²) in [4.78, 5) is 27.2. The van der Waals surface area contributed by atoms with Gasteiger partial charge in [0.25, 0.3) is 0 Å². The molecule has 1 N–H and O–H groups in total. The second-order valence-corrected chi connectivity index (χ2v) is 5.77. The second kappa shape index (κ2) is 7.07. The van der Waals surface area contributed by atoms with Crippen molar-refractivity contribution in [3.05, 3.63) is 29.0 Å². The van der Waals surface area contributed by atoms with E-state index in [1.54, 1.807) is 11.8 Å². The van der Waals surface area contributed by atoms with Crippen molar-refractivity contribution in [2.75, 3.05) is 31.5 Å². The van der Waals surface area contributed by atoms with Gasteiger partial charge in [0.2, 0.25) is 11.8 Å². The summed E-state index contributed by atoms with van der Waals surface area (Å²) in [6.45, 7) is 5.75. The molecule has 22 heavy (non-hydrogen) atoms. The fourth-order valence-corrected chi connectivity index (χ4v) is 2.58. The Morgan fingerprint density at radius 2 is 1.91 bits per heavy atom. The summed E-state index contributed by atoms with van der Waals surface area (Å²) in [6, 6.07) is 3.73. The number of amides is 2. The number of hydrogen-bond donors (Lipinski definition) is 1. The van der Waals surface area contributed by atoms with Gasteiger partial charge >= 0.3 is 0 Å². The summed E-state index contributed by atoms with van der Waals surface area (Å²) >= 11 is 5.68. The van der Waals surface area contributed by atoms with E-state index in [9.17, 15) is 14.0 Å². The molecule has 1 atom stereocenters. The topological polar surface area (TPSA) is 52.7 Å². The predicted molar refractivity (Wildman–Crippen MR) is 83.3 cm³/mol. The molecule has 0 aliphatic carbocycles. The Labute approximate surface area is 134 Å². The number of anilines is 1. The number of hydrogen-bond acceptors (Lipinski definition) is 3. The lowest BCUT2D eigenvalue weighted by molar-refractivity contribution is -0.131. The van der Waals surface area contributed by atoms with Gasteiger partial charge in [-0.25, -0.2) is 4.39 Å². The lowest BCUT2D eigenvalue weighted by Crippen LogP contribution is -2.53. The van der Waals surface area contributed by atoms with Crippen LogP contribution in [0.2, 0.25) is 5.02 Å². The molecule has 0 radical (unpaired) electrons. The molecule has 0 unspecified atom stereocenters. The average Bonchev–Trinajstić information content (AvgIpc) is 2.49. The van der Waals surface area contributed by atoms with Crippen LogP contribution in [-0.4, -0.2) is 53.8 Å². The quantitative estimate of drug-likeness (QED) is 0.923. The number of carbonyl (C=O) groups is 2. The van der Waals surface area contributed by atoms with Gasteiger partial charge in [0.15, 0.2) is 0 Å². The minimum Gasteiger partial charge on any atom is -0.340 e. The van der Waals surface area contributed by atoms with E-state index in [1.807, 2.05) is 4.90 Å². The van der Waals surface area contributed by atoms with Crippen molar-refractivity contribution in [2.45, 2.75) is 19.9 Å². The van der Waals surface area contributed by atoms with Gasteiger partial charge in [-0.3, -0.25) is 14.5 Å². The van der Waals surface area contributed by atoms with Gasteiger partial charge in [0.1, 0.15) is 5.82 Å². The lowest BCUT2D eigenvalue weighted by Gasteiger charge is -2.37. The molecule has 1 aliphatic rings. The first-order chi connectivity index (χ1) is 10.4. The van der Waals surface area contributed by atoms with Crippen molar-refractivity contribution >= 4 is 29.1 Å². The van der Waals surface area contributed by atoms with Crippen LogP contribution in [0.3, 0.4) is 0 Å². The fraction of sp³-hybridized carbons (Fsp3) is 0.467. The van der Waals surface area contributed by atoms with Gasteiger partial charge in [-0.2, -0.15) is 0 Å². The smallest absolute Gasteiger partial charge is 0.241 e. The van der Waals surface area contributed by atoms with Gasteiger partial charge in [0.05, 0.1) is 11.7 Å². The summed E-state index contributed by atoms with van der Waals surface area (Å²) in [5.74, 6) is -0.799. The number of carbonyl (C=O) groups excluding carboxylic acids is 2. The van der Waals surface area contributed by atoms with Crippen LogP contribution in [0.5, 0.6) is 0 Å². The molecule has 0 saturated carbocycles. The third-order valence-electron chi connectivity index (χ3n) is 3.88. The van der Waals surface area contributed by atoms with Gasteiger partial charge in [0, 0.05) is 38.1 Å². The highest BCUT2D eigenvalue weighted by atomic mass is 35.5. The number of nitrogens with zero attached hydrogens (tertiary/aromatic N) is 2. The summed E-state index contributed by atoms with van der Waals surface area (Å²) in [5.41, 5.74) is 0.114.